The Morgan fingerprint density at radius 1 is 1.20 bits per heavy atom. The second-order valence-electron chi connectivity index (χ2n) is 6.86. The monoisotopic (exact) mass is 355 g/mol. The van der Waals surface area contributed by atoms with Crippen LogP contribution in [0.2, 0.25) is 0 Å². The van der Waals surface area contributed by atoms with E-state index < -0.39 is 0 Å². The normalized spacial score (nSPS) is 22.8. The summed E-state index contributed by atoms with van der Waals surface area (Å²) in [7, 11) is 0. The molecule has 1 N–H and O–H groups in total. The third-order valence-corrected chi connectivity index (χ3v) is 5.84. The predicted molar refractivity (Wildman–Crippen MR) is 96.6 cm³/mol. The van der Waals surface area contributed by atoms with Crippen molar-refractivity contribution in [2.24, 2.45) is 5.92 Å². The molecule has 1 aliphatic heterocycles. The molecule has 1 aliphatic carbocycles. The number of aromatic nitrogens is 1. The summed E-state index contributed by atoms with van der Waals surface area (Å²) >= 11 is 1.42. The average molecular weight is 355 g/mol. The van der Waals surface area contributed by atoms with Gasteiger partial charge in [-0.05, 0) is 25.3 Å². The first-order valence-corrected chi connectivity index (χ1v) is 9.50. The van der Waals surface area contributed by atoms with Crippen LogP contribution < -0.4 is 5.32 Å². The maximum Gasteiger partial charge on any atom is 0.265 e. The highest BCUT2D eigenvalue weighted by Gasteiger charge is 2.40. The van der Waals surface area contributed by atoms with E-state index in [0.29, 0.717) is 18.0 Å². The van der Waals surface area contributed by atoms with Gasteiger partial charge in [0.1, 0.15) is 4.88 Å². The van der Waals surface area contributed by atoms with Gasteiger partial charge >= 0.3 is 0 Å². The van der Waals surface area contributed by atoms with Gasteiger partial charge in [-0.3, -0.25) is 9.59 Å². The highest BCUT2D eigenvalue weighted by molar-refractivity contribution is 7.13. The summed E-state index contributed by atoms with van der Waals surface area (Å²) in [5, 5.41) is 4.08. The van der Waals surface area contributed by atoms with Crippen LogP contribution in [0.5, 0.6) is 0 Å². The van der Waals surface area contributed by atoms with Crippen molar-refractivity contribution in [3.8, 4) is 0 Å². The Kier molecular flexibility index (Phi) is 4.29. The van der Waals surface area contributed by atoms with Crippen molar-refractivity contribution < 1.29 is 9.59 Å². The van der Waals surface area contributed by atoms with Gasteiger partial charge in [0.15, 0.2) is 0 Å². The summed E-state index contributed by atoms with van der Waals surface area (Å²) in [6.07, 6.45) is 3.62. The topological polar surface area (TPSA) is 62.3 Å². The Morgan fingerprint density at radius 3 is 2.60 bits per heavy atom. The first-order valence-electron chi connectivity index (χ1n) is 8.69. The van der Waals surface area contributed by atoms with Gasteiger partial charge in [-0.25, -0.2) is 4.98 Å². The lowest BCUT2D eigenvalue weighted by Gasteiger charge is -2.19. The van der Waals surface area contributed by atoms with Gasteiger partial charge in [0, 0.05) is 24.9 Å². The molecule has 2 aliphatic rings. The third kappa shape index (κ3) is 3.44. The summed E-state index contributed by atoms with van der Waals surface area (Å²) in [5.74, 6) is 0.441. The molecule has 6 heteroatoms. The fraction of sp³-hybridized carbons (Fsp3) is 0.421. The number of nitrogens with one attached hydrogen (secondary N) is 1. The Hall–Kier alpha value is -2.21. The molecule has 2 fully saturated rings. The highest BCUT2D eigenvalue weighted by Crippen LogP contribution is 2.32. The van der Waals surface area contributed by atoms with Crippen LogP contribution in [0.1, 0.15) is 39.0 Å². The van der Waals surface area contributed by atoms with E-state index in [9.17, 15) is 9.59 Å². The number of carbonyl (C=O) groups excluding carboxylic acids is 2. The van der Waals surface area contributed by atoms with E-state index in [1.807, 2.05) is 30.0 Å². The molecule has 0 bridgehead atoms. The minimum atomic E-state index is -0.0338. The van der Waals surface area contributed by atoms with Crippen molar-refractivity contribution in [2.75, 3.05) is 13.1 Å². The Bertz CT molecular complexity index is 785. The van der Waals surface area contributed by atoms with Crippen LogP contribution in [-0.4, -0.2) is 40.8 Å². The van der Waals surface area contributed by atoms with Crippen molar-refractivity contribution in [3.63, 3.8) is 0 Å². The summed E-state index contributed by atoms with van der Waals surface area (Å²) in [4.78, 5) is 31.8. The van der Waals surface area contributed by atoms with Gasteiger partial charge in [-0.1, -0.05) is 30.3 Å². The summed E-state index contributed by atoms with van der Waals surface area (Å²) in [6.45, 7) is 3.07. The van der Waals surface area contributed by atoms with E-state index in [0.717, 1.165) is 17.8 Å². The molecule has 130 valence electrons. The van der Waals surface area contributed by atoms with Crippen molar-refractivity contribution in [3.05, 3.63) is 52.0 Å². The van der Waals surface area contributed by atoms with Gasteiger partial charge in [0.25, 0.3) is 5.91 Å². The Labute approximate surface area is 151 Å². The van der Waals surface area contributed by atoms with Crippen LogP contribution in [0.15, 0.2) is 36.5 Å². The minimum absolute atomic E-state index is 0.00898. The van der Waals surface area contributed by atoms with Crippen LogP contribution in [0.25, 0.3) is 0 Å². The smallest absolute Gasteiger partial charge is 0.265 e. The second kappa shape index (κ2) is 6.59. The van der Waals surface area contributed by atoms with E-state index in [1.165, 1.54) is 16.9 Å². The molecule has 2 atom stereocenters. The number of hydrogen-bond acceptors (Lipinski definition) is 4. The molecule has 25 heavy (non-hydrogen) atoms. The standard InChI is InChI=1S/C19H21N3O2S/c1-12-20-9-17(25-12)19(24)22-10-15(13-5-3-2-4-6-13)16(11-22)21-18(23)14-7-8-14/h2-6,9,14-16H,7-8,10-11H2,1H3,(H,21,23)/t15-,16+/m0/s1. The molecule has 2 aromatic rings. The lowest BCUT2D eigenvalue weighted by atomic mass is 9.94. The van der Waals surface area contributed by atoms with Gasteiger partial charge in [-0.2, -0.15) is 0 Å². The van der Waals surface area contributed by atoms with Crippen molar-refractivity contribution in [1.29, 1.82) is 0 Å². The molecule has 4 rings (SSSR count). The van der Waals surface area contributed by atoms with Gasteiger partial charge in [0.05, 0.1) is 17.2 Å². The number of aryl methyl sites for hydroxylation is 1. The maximum absolute atomic E-state index is 12.8. The van der Waals surface area contributed by atoms with Crippen molar-refractivity contribution in [1.82, 2.24) is 15.2 Å². The number of hydrogen-bond donors (Lipinski definition) is 1. The number of benzene rings is 1. The molecule has 5 nitrogen and oxygen atoms in total. The summed E-state index contributed by atoms with van der Waals surface area (Å²) < 4.78 is 0. The Morgan fingerprint density at radius 2 is 1.96 bits per heavy atom. The molecular weight excluding hydrogens is 334 g/mol. The molecule has 2 heterocycles. The number of carbonyl (C=O) groups is 2. The molecular formula is C19H21N3O2S. The first-order chi connectivity index (χ1) is 12.1. The first kappa shape index (κ1) is 16.3. The zero-order valence-corrected chi connectivity index (χ0v) is 15.0. The number of thiazole rings is 1. The van der Waals surface area contributed by atoms with Crippen LogP contribution >= 0.6 is 11.3 Å². The number of nitrogens with zero attached hydrogens (tertiary/aromatic N) is 2. The van der Waals surface area contributed by atoms with Crippen LogP contribution in [0, 0.1) is 12.8 Å². The zero-order valence-electron chi connectivity index (χ0n) is 14.1. The average Bonchev–Trinajstić information content (AvgIpc) is 3.27. The fourth-order valence-electron chi connectivity index (χ4n) is 3.42. The summed E-state index contributed by atoms with van der Waals surface area (Å²) in [6, 6.07) is 10.1. The molecule has 1 saturated heterocycles. The van der Waals surface area contributed by atoms with E-state index in [1.54, 1.807) is 6.20 Å². The lowest BCUT2D eigenvalue weighted by molar-refractivity contribution is -0.123. The van der Waals surface area contributed by atoms with Crippen LogP contribution in [0.4, 0.5) is 0 Å². The lowest BCUT2D eigenvalue weighted by Crippen LogP contribution is -2.41. The SMILES string of the molecule is Cc1ncc(C(=O)N2C[C@@H](NC(=O)C3CC3)[C@H](c3ccccc3)C2)s1. The molecule has 2 amide bonds. The molecule has 1 aromatic heterocycles. The molecule has 0 radical (unpaired) electrons. The van der Waals surface area contributed by atoms with Crippen LogP contribution in [0.3, 0.4) is 0 Å². The van der Waals surface area contributed by atoms with E-state index in [4.69, 9.17) is 0 Å². The number of rotatable bonds is 4. The largest absolute Gasteiger partial charge is 0.351 e. The van der Waals surface area contributed by atoms with E-state index >= 15 is 0 Å². The third-order valence-electron chi connectivity index (χ3n) is 4.94. The van der Waals surface area contributed by atoms with Crippen molar-refractivity contribution in [2.45, 2.75) is 31.7 Å². The quantitative estimate of drug-likeness (QED) is 0.917. The number of amides is 2. The summed E-state index contributed by atoms with van der Waals surface area (Å²) in [5.41, 5.74) is 1.17. The van der Waals surface area contributed by atoms with Crippen LogP contribution in [-0.2, 0) is 4.79 Å². The number of likely N-dealkylation sites (tertiary alicyclic amines) is 1. The van der Waals surface area contributed by atoms with Gasteiger partial charge < -0.3 is 10.2 Å². The van der Waals surface area contributed by atoms with E-state index in [2.05, 4.69) is 22.4 Å². The molecule has 1 aromatic carbocycles. The Balaban J connectivity index is 1.55. The highest BCUT2D eigenvalue weighted by atomic mass is 32.1. The van der Waals surface area contributed by atoms with E-state index in [-0.39, 0.29) is 29.7 Å². The molecule has 0 spiro atoms. The second-order valence-corrected chi connectivity index (χ2v) is 8.09. The van der Waals surface area contributed by atoms with Crippen molar-refractivity contribution >= 4 is 23.2 Å². The van der Waals surface area contributed by atoms with Gasteiger partial charge in [-0.15, -0.1) is 11.3 Å². The molecule has 1 saturated carbocycles. The minimum Gasteiger partial charge on any atom is -0.351 e. The fourth-order valence-corrected chi connectivity index (χ4v) is 4.16. The zero-order chi connectivity index (χ0) is 17.4. The maximum atomic E-state index is 12.8. The van der Waals surface area contributed by atoms with Gasteiger partial charge in [0.2, 0.25) is 5.91 Å². The predicted octanol–water partition coefficient (Wildman–Crippen LogP) is 2.59. The molecule has 0 unspecified atom stereocenters.